The number of nitrogens with one attached hydrogen (secondary N) is 1. The second-order valence-corrected chi connectivity index (χ2v) is 6.13. The number of furan rings is 1. The van der Waals surface area contributed by atoms with Gasteiger partial charge in [-0.15, -0.1) is 0 Å². The van der Waals surface area contributed by atoms with Crippen LogP contribution in [0.25, 0.3) is 6.08 Å². The number of thioether (sulfide) groups is 1. The van der Waals surface area contributed by atoms with Crippen LogP contribution in [-0.2, 0) is 4.79 Å². The number of carbonyl (C=O) groups is 1. The molecule has 1 amide bonds. The molecule has 1 aliphatic rings. The number of nitrogens with zero attached hydrogens (tertiary/aromatic N) is 1. The molecule has 1 saturated heterocycles. The molecule has 4 nitrogen and oxygen atoms in total. The number of amidine groups is 1. The maximum absolute atomic E-state index is 12.0. The minimum absolute atomic E-state index is 0.136. The lowest BCUT2D eigenvalue weighted by Crippen LogP contribution is -2.19. The van der Waals surface area contributed by atoms with Crippen LogP contribution in [0.1, 0.15) is 16.9 Å². The molecule has 0 radical (unpaired) electrons. The Balaban J connectivity index is 1.77. The molecule has 2 heterocycles. The molecule has 1 aromatic carbocycles. The first-order valence-electron chi connectivity index (χ1n) is 7.19. The third-order valence-electron chi connectivity index (χ3n) is 3.50. The Morgan fingerprint density at radius 3 is 2.87 bits per heavy atom. The van der Waals surface area contributed by atoms with Crippen LogP contribution in [0.5, 0.6) is 0 Å². The van der Waals surface area contributed by atoms with Crippen LogP contribution in [0.2, 0.25) is 0 Å². The highest BCUT2D eigenvalue weighted by molar-refractivity contribution is 8.18. The van der Waals surface area contributed by atoms with Crippen molar-refractivity contribution in [1.29, 1.82) is 0 Å². The van der Waals surface area contributed by atoms with Gasteiger partial charge in [-0.05, 0) is 67.1 Å². The number of rotatable bonds is 3. The zero-order valence-corrected chi connectivity index (χ0v) is 13.7. The van der Waals surface area contributed by atoms with E-state index in [1.165, 1.54) is 17.3 Å². The lowest BCUT2D eigenvalue weighted by Gasteiger charge is -2.03. The predicted molar refractivity (Wildman–Crippen MR) is 94.6 cm³/mol. The van der Waals surface area contributed by atoms with Gasteiger partial charge < -0.3 is 9.73 Å². The third kappa shape index (κ3) is 3.63. The predicted octanol–water partition coefficient (Wildman–Crippen LogP) is 4.34. The zero-order valence-electron chi connectivity index (χ0n) is 12.9. The van der Waals surface area contributed by atoms with Crippen molar-refractivity contribution in [3.63, 3.8) is 0 Å². The molecule has 2 aromatic rings. The Morgan fingerprint density at radius 1 is 1.22 bits per heavy atom. The monoisotopic (exact) mass is 324 g/mol. The van der Waals surface area contributed by atoms with Crippen LogP contribution >= 0.6 is 11.8 Å². The van der Waals surface area contributed by atoms with Gasteiger partial charge in [0.15, 0.2) is 5.17 Å². The van der Waals surface area contributed by atoms with E-state index in [2.05, 4.69) is 10.3 Å². The standard InChI is InChI=1S/C18H16N2O2S/c1-12-6-3-9-15(13(12)2)19-18-20-17(21)16(23-18)10-4-7-14-8-5-11-22-14/h3-11H,1-2H3,(H,19,20,21)/b7-4+,16-10+. The molecule has 0 unspecified atom stereocenters. The maximum atomic E-state index is 12.0. The van der Waals surface area contributed by atoms with Gasteiger partial charge in [0.05, 0.1) is 16.9 Å². The molecule has 5 heteroatoms. The lowest BCUT2D eigenvalue weighted by molar-refractivity contribution is -0.115. The Labute approximate surface area is 139 Å². The first-order chi connectivity index (χ1) is 11.1. The van der Waals surface area contributed by atoms with Crippen molar-refractivity contribution in [1.82, 2.24) is 5.32 Å². The quantitative estimate of drug-likeness (QED) is 0.854. The van der Waals surface area contributed by atoms with E-state index < -0.39 is 0 Å². The summed E-state index contributed by atoms with van der Waals surface area (Å²) in [4.78, 5) is 17.1. The van der Waals surface area contributed by atoms with Gasteiger partial charge in [0.25, 0.3) is 5.91 Å². The first kappa shape index (κ1) is 15.4. The van der Waals surface area contributed by atoms with E-state index in [1.54, 1.807) is 24.5 Å². The number of carbonyl (C=O) groups excluding carboxylic acids is 1. The normalized spacial score (nSPS) is 18.3. The van der Waals surface area contributed by atoms with Gasteiger partial charge >= 0.3 is 0 Å². The summed E-state index contributed by atoms with van der Waals surface area (Å²) in [7, 11) is 0. The van der Waals surface area contributed by atoms with Crippen LogP contribution in [0.15, 0.2) is 63.1 Å². The molecule has 1 aromatic heterocycles. The summed E-state index contributed by atoms with van der Waals surface area (Å²) in [6, 6.07) is 9.62. The summed E-state index contributed by atoms with van der Waals surface area (Å²) in [5.41, 5.74) is 3.17. The summed E-state index contributed by atoms with van der Waals surface area (Å²) < 4.78 is 5.20. The fourth-order valence-corrected chi connectivity index (χ4v) is 2.86. The molecule has 0 saturated carbocycles. The Bertz CT molecular complexity index is 818. The maximum Gasteiger partial charge on any atom is 0.264 e. The third-order valence-corrected chi connectivity index (χ3v) is 4.43. The van der Waals surface area contributed by atoms with E-state index in [0.717, 1.165) is 17.0 Å². The SMILES string of the molecule is Cc1cccc(N=C2NC(=O)/C(=C\C=C\c3ccco3)S2)c1C. The van der Waals surface area contributed by atoms with Crippen LogP contribution in [0.4, 0.5) is 5.69 Å². The number of aryl methyl sites for hydroxylation is 1. The summed E-state index contributed by atoms with van der Waals surface area (Å²) in [5.74, 6) is 0.609. The van der Waals surface area contributed by atoms with Crippen molar-refractivity contribution < 1.29 is 9.21 Å². The molecular formula is C18H16N2O2S. The second kappa shape index (κ2) is 6.71. The van der Waals surface area contributed by atoms with Gasteiger partial charge in [-0.2, -0.15) is 0 Å². The lowest BCUT2D eigenvalue weighted by atomic mass is 10.1. The van der Waals surface area contributed by atoms with Crippen LogP contribution in [0.3, 0.4) is 0 Å². The number of amides is 1. The van der Waals surface area contributed by atoms with Gasteiger partial charge in [-0.3, -0.25) is 4.79 Å². The zero-order chi connectivity index (χ0) is 16.2. The largest absolute Gasteiger partial charge is 0.465 e. The summed E-state index contributed by atoms with van der Waals surface area (Å²) in [6.45, 7) is 4.07. The van der Waals surface area contributed by atoms with Crippen molar-refractivity contribution in [3.8, 4) is 0 Å². The van der Waals surface area contributed by atoms with Crippen molar-refractivity contribution >= 4 is 34.6 Å². The van der Waals surface area contributed by atoms with Crippen molar-refractivity contribution in [2.24, 2.45) is 4.99 Å². The fourth-order valence-electron chi connectivity index (χ4n) is 2.08. The van der Waals surface area contributed by atoms with E-state index in [0.29, 0.717) is 10.1 Å². The number of hydrogen-bond donors (Lipinski definition) is 1. The Morgan fingerprint density at radius 2 is 2.09 bits per heavy atom. The molecule has 0 bridgehead atoms. The number of aliphatic imine (C=N–C) groups is 1. The van der Waals surface area contributed by atoms with Gasteiger partial charge in [-0.25, -0.2) is 4.99 Å². The smallest absolute Gasteiger partial charge is 0.264 e. The van der Waals surface area contributed by atoms with Crippen LogP contribution in [0, 0.1) is 13.8 Å². The Kier molecular flexibility index (Phi) is 4.48. The van der Waals surface area contributed by atoms with Crippen LogP contribution in [-0.4, -0.2) is 11.1 Å². The average molecular weight is 324 g/mol. The number of benzene rings is 1. The highest BCUT2D eigenvalue weighted by Gasteiger charge is 2.23. The molecule has 23 heavy (non-hydrogen) atoms. The molecule has 1 aliphatic heterocycles. The molecule has 3 rings (SSSR count). The van der Waals surface area contributed by atoms with Gasteiger partial charge in [0.2, 0.25) is 0 Å². The molecule has 116 valence electrons. The average Bonchev–Trinajstić information content (AvgIpc) is 3.15. The van der Waals surface area contributed by atoms with E-state index in [-0.39, 0.29) is 5.91 Å². The van der Waals surface area contributed by atoms with E-state index in [4.69, 9.17) is 4.42 Å². The molecule has 0 spiro atoms. The van der Waals surface area contributed by atoms with E-state index >= 15 is 0 Å². The van der Waals surface area contributed by atoms with E-state index in [1.807, 2.05) is 44.2 Å². The highest BCUT2D eigenvalue weighted by atomic mass is 32.2. The minimum Gasteiger partial charge on any atom is -0.465 e. The minimum atomic E-state index is -0.136. The topological polar surface area (TPSA) is 54.6 Å². The van der Waals surface area contributed by atoms with Gasteiger partial charge in [0.1, 0.15) is 5.76 Å². The summed E-state index contributed by atoms with van der Waals surface area (Å²) >= 11 is 1.33. The highest BCUT2D eigenvalue weighted by Crippen LogP contribution is 2.28. The molecule has 0 aliphatic carbocycles. The molecule has 1 fully saturated rings. The number of allylic oxidation sites excluding steroid dienone is 2. The summed E-state index contributed by atoms with van der Waals surface area (Å²) in [5, 5.41) is 3.39. The number of hydrogen-bond acceptors (Lipinski definition) is 4. The molecule has 0 atom stereocenters. The Hall–Kier alpha value is -2.53. The second-order valence-electron chi connectivity index (χ2n) is 5.10. The van der Waals surface area contributed by atoms with Crippen molar-refractivity contribution in [2.75, 3.05) is 0 Å². The molecule has 1 N–H and O–H groups in total. The fraction of sp³-hybridized carbons (Fsp3) is 0.111. The summed E-state index contributed by atoms with van der Waals surface area (Å²) in [6.07, 6.45) is 6.97. The van der Waals surface area contributed by atoms with E-state index in [9.17, 15) is 4.79 Å². The first-order valence-corrected chi connectivity index (χ1v) is 8.01. The van der Waals surface area contributed by atoms with Gasteiger partial charge in [0, 0.05) is 0 Å². The van der Waals surface area contributed by atoms with Crippen molar-refractivity contribution in [3.05, 3.63) is 70.5 Å². The van der Waals surface area contributed by atoms with Crippen molar-refractivity contribution in [2.45, 2.75) is 13.8 Å². The molecular weight excluding hydrogens is 308 g/mol. The van der Waals surface area contributed by atoms with Crippen LogP contribution < -0.4 is 5.32 Å². The van der Waals surface area contributed by atoms with Gasteiger partial charge in [-0.1, -0.05) is 18.2 Å².